The van der Waals surface area contributed by atoms with E-state index in [-0.39, 0.29) is 27.9 Å². The number of carbonyl (C=O) groups is 1. The Bertz CT molecular complexity index is 695. The number of nitrogens with two attached hydrogens (primary N) is 1. The van der Waals surface area contributed by atoms with Crippen LogP contribution in [0.25, 0.3) is 0 Å². The number of rotatable bonds is 4. The van der Waals surface area contributed by atoms with Gasteiger partial charge in [0.15, 0.2) is 0 Å². The molecule has 7 nitrogen and oxygen atoms in total. The summed E-state index contributed by atoms with van der Waals surface area (Å²) >= 11 is 0. The Hall–Kier alpha value is -1.38. The monoisotopic (exact) mass is 344 g/mol. The Balaban J connectivity index is 2.47. The van der Waals surface area contributed by atoms with E-state index in [0.717, 1.165) is 6.42 Å². The smallest absolute Gasteiger partial charge is 0.342 e. The number of esters is 1. The average molecular weight is 344 g/mol. The minimum Gasteiger partial charge on any atom is -0.465 e. The summed E-state index contributed by atoms with van der Waals surface area (Å²) in [6.07, 6.45) is 0.741. The third kappa shape index (κ3) is 3.15. The van der Waals surface area contributed by atoms with Gasteiger partial charge in [-0.3, -0.25) is 0 Å². The van der Waals surface area contributed by atoms with Crippen LogP contribution in [-0.2, 0) is 14.8 Å². The highest BCUT2D eigenvalue weighted by molar-refractivity contribution is 7.89. The number of methoxy groups -OCH3 is 1. The van der Waals surface area contributed by atoms with Crippen molar-refractivity contribution in [3.63, 3.8) is 0 Å². The van der Waals surface area contributed by atoms with E-state index in [1.54, 1.807) is 13.8 Å². The molecule has 2 atom stereocenters. The van der Waals surface area contributed by atoms with E-state index in [1.807, 2.05) is 0 Å². The number of ether oxygens (including phenoxy) is 1. The molecule has 1 aliphatic heterocycles. The van der Waals surface area contributed by atoms with Crippen molar-refractivity contribution in [1.29, 1.82) is 0 Å². The summed E-state index contributed by atoms with van der Waals surface area (Å²) in [5.41, 5.74) is 5.74. The summed E-state index contributed by atoms with van der Waals surface area (Å²) in [7, 11) is -2.63. The van der Waals surface area contributed by atoms with Crippen LogP contribution in [0, 0.1) is 25.7 Å². The lowest BCUT2D eigenvalue weighted by molar-refractivity contribution is 0.0594. The van der Waals surface area contributed by atoms with Gasteiger partial charge in [-0.15, -0.1) is 0 Å². The summed E-state index contributed by atoms with van der Waals surface area (Å²) in [5, 5.41) is 0. The van der Waals surface area contributed by atoms with Crippen LogP contribution in [0.15, 0.2) is 9.31 Å². The van der Waals surface area contributed by atoms with Gasteiger partial charge in [-0.2, -0.15) is 4.31 Å². The number of piperidine rings is 1. The fourth-order valence-corrected chi connectivity index (χ4v) is 4.96. The molecule has 8 heteroatoms. The number of furan rings is 1. The SMILES string of the molecule is COC(=O)c1c(C)oc(C)c1S(=O)(=O)N1CCC(C)C(CN)C1. The number of hydrogen-bond acceptors (Lipinski definition) is 6. The molecule has 0 amide bonds. The summed E-state index contributed by atoms with van der Waals surface area (Å²) in [6.45, 7) is 6.36. The van der Waals surface area contributed by atoms with Gasteiger partial charge in [0, 0.05) is 13.1 Å². The first kappa shape index (κ1) is 18.0. The Morgan fingerprint density at radius 3 is 2.61 bits per heavy atom. The molecule has 0 bridgehead atoms. The molecule has 1 fully saturated rings. The number of carbonyl (C=O) groups excluding carboxylic acids is 1. The summed E-state index contributed by atoms with van der Waals surface area (Å²) < 4.78 is 37.6. The Kier molecular flexibility index (Phi) is 5.17. The standard InChI is InChI=1S/C15H24N2O5S/c1-9-5-6-17(8-12(9)7-16)23(19,20)14-11(3)22-10(2)13(14)15(18)21-4/h9,12H,5-8,16H2,1-4H3. The second kappa shape index (κ2) is 6.62. The maximum absolute atomic E-state index is 13.0. The first-order chi connectivity index (χ1) is 10.7. The van der Waals surface area contributed by atoms with E-state index in [0.29, 0.717) is 25.6 Å². The van der Waals surface area contributed by atoms with Gasteiger partial charge in [-0.05, 0) is 38.6 Å². The van der Waals surface area contributed by atoms with Crippen LogP contribution in [0.4, 0.5) is 0 Å². The molecule has 0 radical (unpaired) electrons. The van der Waals surface area contributed by atoms with E-state index in [1.165, 1.54) is 11.4 Å². The zero-order valence-electron chi connectivity index (χ0n) is 14.0. The zero-order valence-corrected chi connectivity index (χ0v) is 14.8. The molecular weight excluding hydrogens is 320 g/mol. The van der Waals surface area contributed by atoms with Crippen molar-refractivity contribution in [2.24, 2.45) is 17.6 Å². The number of hydrogen-bond donors (Lipinski definition) is 1. The van der Waals surface area contributed by atoms with Crippen LogP contribution >= 0.6 is 0 Å². The molecule has 2 N–H and O–H groups in total. The third-order valence-corrected chi connectivity index (χ3v) is 6.59. The second-order valence-electron chi connectivity index (χ2n) is 6.03. The van der Waals surface area contributed by atoms with Gasteiger partial charge < -0.3 is 14.9 Å². The molecule has 23 heavy (non-hydrogen) atoms. The topological polar surface area (TPSA) is 103 Å². The fourth-order valence-electron chi connectivity index (χ4n) is 3.08. The minimum atomic E-state index is -3.84. The van der Waals surface area contributed by atoms with E-state index in [9.17, 15) is 13.2 Å². The van der Waals surface area contributed by atoms with Crippen LogP contribution in [0.2, 0.25) is 0 Å². The first-order valence-electron chi connectivity index (χ1n) is 7.62. The van der Waals surface area contributed by atoms with Gasteiger partial charge >= 0.3 is 5.97 Å². The van der Waals surface area contributed by atoms with Crippen LogP contribution in [0.1, 0.15) is 35.2 Å². The van der Waals surface area contributed by atoms with Crippen molar-refractivity contribution in [3.05, 3.63) is 17.1 Å². The van der Waals surface area contributed by atoms with Gasteiger partial charge in [0.2, 0.25) is 10.0 Å². The van der Waals surface area contributed by atoms with Crippen molar-refractivity contribution in [2.45, 2.75) is 32.1 Å². The summed E-state index contributed by atoms with van der Waals surface area (Å²) in [5.74, 6) is 0.213. The molecule has 2 heterocycles. The predicted octanol–water partition coefficient (Wildman–Crippen LogP) is 1.29. The molecule has 1 aromatic rings. The maximum atomic E-state index is 13.0. The van der Waals surface area contributed by atoms with Crippen LogP contribution in [0.5, 0.6) is 0 Å². The Labute approximate surface area is 136 Å². The van der Waals surface area contributed by atoms with Crippen molar-refractivity contribution < 1.29 is 22.4 Å². The molecule has 1 aliphatic rings. The largest absolute Gasteiger partial charge is 0.465 e. The lowest BCUT2D eigenvalue weighted by Gasteiger charge is -2.35. The second-order valence-corrected chi connectivity index (χ2v) is 7.91. The van der Waals surface area contributed by atoms with Crippen molar-refractivity contribution in [1.82, 2.24) is 4.31 Å². The summed E-state index contributed by atoms with van der Waals surface area (Å²) in [4.78, 5) is 11.9. The normalized spacial score (nSPS) is 23.0. The molecule has 0 aliphatic carbocycles. The maximum Gasteiger partial charge on any atom is 0.342 e. The number of sulfonamides is 1. The Morgan fingerprint density at radius 1 is 1.39 bits per heavy atom. The van der Waals surface area contributed by atoms with Crippen molar-refractivity contribution in [3.8, 4) is 0 Å². The van der Waals surface area contributed by atoms with Gasteiger partial charge in [-0.1, -0.05) is 6.92 Å². The average Bonchev–Trinajstić information content (AvgIpc) is 2.81. The molecular formula is C15H24N2O5S. The third-order valence-electron chi connectivity index (χ3n) is 4.57. The van der Waals surface area contributed by atoms with Gasteiger partial charge in [-0.25, -0.2) is 13.2 Å². The predicted molar refractivity (Wildman–Crippen MR) is 84.6 cm³/mol. The molecule has 2 rings (SSSR count). The van der Waals surface area contributed by atoms with E-state index >= 15 is 0 Å². The van der Waals surface area contributed by atoms with Gasteiger partial charge in [0.25, 0.3) is 0 Å². The molecule has 0 aromatic carbocycles. The highest BCUT2D eigenvalue weighted by Gasteiger charge is 2.39. The minimum absolute atomic E-state index is 0.0204. The van der Waals surface area contributed by atoms with E-state index < -0.39 is 16.0 Å². The van der Waals surface area contributed by atoms with Gasteiger partial charge in [0.05, 0.1) is 7.11 Å². The number of aryl methyl sites for hydroxylation is 2. The molecule has 1 saturated heterocycles. The highest BCUT2D eigenvalue weighted by Crippen LogP contribution is 2.33. The molecule has 2 unspecified atom stereocenters. The summed E-state index contributed by atoms with van der Waals surface area (Å²) in [6, 6.07) is 0. The van der Waals surface area contributed by atoms with Crippen LogP contribution in [-0.4, -0.2) is 45.4 Å². The van der Waals surface area contributed by atoms with E-state index in [2.05, 4.69) is 6.92 Å². The zero-order chi connectivity index (χ0) is 17.4. The number of nitrogens with zero attached hydrogens (tertiary/aromatic N) is 1. The molecule has 0 spiro atoms. The van der Waals surface area contributed by atoms with Crippen LogP contribution in [0.3, 0.4) is 0 Å². The molecule has 0 saturated carbocycles. The quantitative estimate of drug-likeness (QED) is 0.826. The first-order valence-corrected chi connectivity index (χ1v) is 9.06. The van der Waals surface area contributed by atoms with E-state index in [4.69, 9.17) is 14.9 Å². The van der Waals surface area contributed by atoms with Crippen molar-refractivity contribution >= 4 is 16.0 Å². The van der Waals surface area contributed by atoms with Crippen molar-refractivity contribution in [2.75, 3.05) is 26.7 Å². The Morgan fingerprint density at radius 2 is 2.04 bits per heavy atom. The molecule has 1 aromatic heterocycles. The van der Waals surface area contributed by atoms with Gasteiger partial charge in [0.1, 0.15) is 22.0 Å². The van der Waals surface area contributed by atoms with Crippen LogP contribution < -0.4 is 5.73 Å². The lowest BCUT2D eigenvalue weighted by Crippen LogP contribution is -2.45. The highest BCUT2D eigenvalue weighted by atomic mass is 32.2. The molecule has 130 valence electrons. The fraction of sp³-hybridized carbons (Fsp3) is 0.667. The lowest BCUT2D eigenvalue weighted by atomic mass is 9.88.